The van der Waals surface area contributed by atoms with Crippen LogP contribution in [0.2, 0.25) is 0 Å². The number of fused-ring (bicyclic) bond motifs is 2. The first-order valence-corrected chi connectivity index (χ1v) is 6.27. The third-order valence-electron chi connectivity index (χ3n) is 3.30. The van der Waals surface area contributed by atoms with Crippen molar-refractivity contribution in [3.05, 3.63) is 54.2 Å². The second-order valence-electron chi connectivity index (χ2n) is 4.62. The summed E-state index contributed by atoms with van der Waals surface area (Å²) in [7, 11) is 0. The van der Waals surface area contributed by atoms with E-state index in [2.05, 4.69) is 20.2 Å². The lowest BCUT2D eigenvalue weighted by Crippen LogP contribution is -1.88. The second-order valence-corrected chi connectivity index (χ2v) is 4.62. The Bertz CT molecular complexity index is 978. The Morgan fingerprint density at radius 1 is 0.952 bits per heavy atom. The minimum atomic E-state index is -0.910. The van der Waals surface area contributed by atoms with Crippen molar-refractivity contribution in [2.24, 2.45) is 0 Å². The summed E-state index contributed by atoms with van der Waals surface area (Å²) in [5, 5.41) is 7.29. The van der Waals surface area contributed by atoms with Crippen LogP contribution in [0.3, 0.4) is 0 Å². The molecule has 0 aliphatic heterocycles. The quantitative estimate of drug-likeness (QED) is 0.581. The number of nitrogens with zero attached hydrogens (tertiary/aromatic N) is 3. The molecule has 21 heavy (non-hydrogen) atoms. The van der Waals surface area contributed by atoms with Crippen molar-refractivity contribution in [2.75, 3.05) is 0 Å². The molecule has 102 valence electrons. The summed E-state index contributed by atoms with van der Waals surface area (Å²) in [5.74, 6) is -1.82. The number of benzene rings is 1. The molecule has 0 aliphatic rings. The van der Waals surface area contributed by atoms with Gasteiger partial charge >= 0.3 is 0 Å². The Hall–Kier alpha value is -2.89. The minimum absolute atomic E-state index is 0.428. The van der Waals surface area contributed by atoms with Gasteiger partial charge in [-0.3, -0.25) is 10.1 Å². The smallest absolute Gasteiger partial charge is 0.160 e. The van der Waals surface area contributed by atoms with Crippen molar-refractivity contribution in [1.82, 2.24) is 20.2 Å². The summed E-state index contributed by atoms with van der Waals surface area (Å²) >= 11 is 0. The van der Waals surface area contributed by atoms with Gasteiger partial charge in [0.25, 0.3) is 0 Å². The molecule has 4 rings (SSSR count). The summed E-state index contributed by atoms with van der Waals surface area (Å²) in [4.78, 5) is 8.65. The lowest BCUT2D eigenvalue weighted by molar-refractivity contribution is 0.511. The highest BCUT2D eigenvalue weighted by Gasteiger charge is 2.13. The highest BCUT2D eigenvalue weighted by Crippen LogP contribution is 2.27. The molecule has 4 nitrogen and oxygen atoms in total. The number of hydrogen-bond acceptors (Lipinski definition) is 3. The molecule has 1 N–H and O–H groups in total. The van der Waals surface area contributed by atoms with Gasteiger partial charge in [-0.25, -0.2) is 13.8 Å². The number of pyridine rings is 2. The van der Waals surface area contributed by atoms with Crippen LogP contribution in [-0.2, 0) is 0 Å². The first kappa shape index (κ1) is 11.9. The second kappa shape index (κ2) is 4.31. The molecule has 4 aromatic rings. The lowest BCUT2D eigenvalue weighted by Gasteiger charge is -2.00. The van der Waals surface area contributed by atoms with Crippen LogP contribution in [0.1, 0.15) is 0 Å². The highest BCUT2D eigenvalue weighted by atomic mass is 19.2. The van der Waals surface area contributed by atoms with Crippen molar-refractivity contribution in [3.63, 3.8) is 0 Å². The Labute approximate surface area is 117 Å². The van der Waals surface area contributed by atoms with Gasteiger partial charge in [0.2, 0.25) is 0 Å². The van der Waals surface area contributed by atoms with E-state index < -0.39 is 11.6 Å². The van der Waals surface area contributed by atoms with Gasteiger partial charge in [0, 0.05) is 17.6 Å². The van der Waals surface area contributed by atoms with E-state index in [-0.39, 0.29) is 0 Å². The van der Waals surface area contributed by atoms with E-state index in [0.717, 1.165) is 17.6 Å². The van der Waals surface area contributed by atoms with Crippen molar-refractivity contribution in [3.8, 4) is 11.4 Å². The van der Waals surface area contributed by atoms with Crippen LogP contribution in [-0.4, -0.2) is 20.2 Å². The number of nitrogens with one attached hydrogen (secondary N) is 1. The molecule has 0 saturated carbocycles. The normalized spacial score (nSPS) is 11.3. The third-order valence-corrected chi connectivity index (χ3v) is 3.30. The molecular weight excluding hydrogens is 274 g/mol. The number of hydrogen-bond donors (Lipinski definition) is 1. The molecule has 0 amide bonds. The van der Waals surface area contributed by atoms with Crippen LogP contribution >= 0.6 is 0 Å². The van der Waals surface area contributed by atoms with Gasteiger partial charge in [-0.1, -0.05) is 0 Å². The van der Waals surface area contributed by atoms with Gasteiger partial charge in [0.15, 0.2) is 11.6 Å². The first-order chi connectivity index (χ1) is 10.2. The van der Waals surface area contributed by atoms with Crippen LogP contribution in [0.25, 0.3) is 33.3 Å². The molecule has 3 aromatic heterocycles. The van der Waals surface area contributed by atoms with Gasteiger partial charge in [-0.05, 0) is 30.3 Å². The number of H-pyrrole nitrogens is 1. The SMILES string of the molecule is Fc1cc2[nH]nc(-c3ccc4ncccc4n3)c2cc1F. The predicted octanol–water partition coefficient (Wildman–Crippen LogP) is 3.45. The Morgan fingerprint density at radius 3 is 2.71 bits per heavy atom. The van der Waals surface area contributed by atoms with Crippen molar-refractivity contribution in [1.29, 1.82) is 0 Å². The van der Waals surface area contributed by atoms with Crippen molar-refractivity contribution < 1.29 is 8.78 Å². The Kier molecular flexibility index (Phi) is 2.44. The van der Waals surface area contributed by atoms with Crippen LogP contribution in [0.15, 0.2) is 42.6 Å². The third kappa shape index (κ3) is 1.84. The molecule has 0 spiro atoms. The monoisotopic (exact) mass is 282 g/mol. The highest BCUT2D eigenvalue weighted by molar-refractivity contribution is 5.93. The molecule has 0 atom stereocenters. The molecule has 0 aliphatic carbocycles. The van der Waals surface area contributed by atoms with Crippen LogP contribution in [0, 0.1) is 11.6 Å². The zero-order valence-corrected chi connectivity index (χ0v) is 10.6. The molecule has 6 heteroatoms. The molecule has 0 fully saturated rings. The van der Waals surface area contributed by atoms with E-state index in [1.807, 2.05) is 12.1 Å². The topological polar surface area (TPSA) is 54.5 Å². The van der Waals surface area contributed by atoms with Crippen molar-refractivity contribution in [2.45, 2.75) is 0 Å². The molecule has 0 unspecified atom stereocenters. The van der Waals surface area contributed by atoms with Crippen LogP contribution < -0.4 is 0 Å². The van der Waals surface area contributed by atoms with E-state index in [4.69, 9.17) is 0 Å². The lowest BCUT2D eigenvalue weighted by atomic mass is 10.1. The fraction of sp³-hybridized carbons (Fsp3) is 0. The average molecular weight is 282 g/mol. The Balaban J connectivity index is 1.97. The average Bonchev–Trinajstić information content (AvgIpc) is 2.90. The van der Waals surface area contributed by atoms with Crippen molar-refractivity contribution >= 4 is 21.9 Å². The zero-order valence-electron chi connectivity index (χ0n) is 10.6. The van der Waals surface area contributed by atoms with Gasteiger partial charge < -0.3 is 0 Å². The fourth-order valence-electron chi connectivity index (χ4n) is 2.30. The molecule has 0 radical (unpaired) electrons. The number of aromatic nitrogens is 4. The van der Waals surface area contributed by atoms with Crippen LogP contribution in [0.5, 0.6) is 0 Å². The number of halogens is 2. The maximum Gasteiger partial charge on any atom is 0.160 e. The molecule has 0 bridgehead atoms. The van der Waals surface area contributed by atoms with E-state index in [1.54, 1.807) is 18.3 Å². The van der Waals surface area contributed by atoms with E-state index in [0.29, 0.717) is 27.8 Å². The largest absolute Gasteiger partial charge is 0.277 e. The maximum absolute atomic E-state index is 13.4. The van der Waals surface area contributed by atoms with E-state index >= 15 is 0 Å². The predicted molar refractivity (Wildman–Crippen MR) is 74.5 cm³/mol. The van der Waals surface area contributed by atoms with Gasteiger partial charge in [0.05, 0.1) is 22.2 Å². The first-order valence-electron chi connectivity index (χ1n) is 6.27. The van der Waals surface area contributed by atoms with Gasteiger partial charge in [-0.15, -0.1) is 0 Å². The number of rotatable bonds is 1. The minimum Gasteiger partial charge on any atom is -0.277 e. The van der Waals surface area contributed by atoms with Crippen LogP contribution in [0.4, 0.5) is 8.78 Å². The summed E-state index contributed by atoms with van der Waals surface area (Å²) in [5.41, 5.74) is 2.96. The standard InChI is InChI=1S/C15H8F2N4/c16-9-6-8-14(7-10(9)17)20-21-15(8)13-4-3-11-12(19-13)2-1-5-18-11/h1-7H,(H,20,21). The summed E-state index contributed by atoms with van der Waals surface area (Å²) in [6, 6.07) is 9.41. The van der Waals surface area contributed by atoms with E-state index in [1.165, 1.54) is 0 Å². The van der Waals surface area contributed by atoms with Gasteiger partial charge in [0.1, 0.15) is 5.69 Å². The molecule has 0 saturated heterocycles. The summed E-state index contributed by atoms with van der Waals surface area (Å²) in [6.45, 7) is 0. The Morgan fingerprint density at radius 2 is 1.81 bits per heavy atom. The van der Waals surface area contributed by atoms with E-state index in [9.17, 15) is 8.78 Å². The van der Waals surface area contributed by atoms with Gasteiger partial charge in [-0.2, -0.15) is 5.10 Å². The summed E-state index contributed by atoms with van der Waals surface area (Å²) in [6.07, 6.45) is 1.69. The fourth-order valence-corrected chi connectivity index (χ4v) is 2.30. The zero-order chi connectivity index (χ0) is 14.4. The summed E-state index contributed by atoms with van der Waals surface area (Å²) < 4.78 is 26.6. The molecule has 3 heterocycles. The number of aromatic amines is 1. The molecule has 1 aromatic carbocycles. The maximum atomic E-state index is 13.4. The molecular formula is C15H8F2N4.